The average molecular weight is 258 g/mol. The molecule has 0 bridgehead atoms. The largest absolute Gasteiger partial charge is 0.469 e. The van der Waals surface area contributed by atoms with Crippen molar-refractivity contribution in [3.63, 3.8) is 0 Å². The zero-order valence-corrected chi connectivity index (χ0v) is 10.7. The molecule has 0 saturated carbocycles. The summed E-state index contributed by atoms with van der Waals surface area (Å²) in [5, 5.41) is 4.90. The molecule has 2 amide bonds. The van der Waals surface area contributed by atoms with Gasteiger partial charge in [0.2, 0.25) is 11.8 Å². The lowest BCUT2D eigenvalue weighted by molar-refractivity contribution is -0.143. The van der Waals surface area contributed by atoms with E-state index in [1.165, 1.54) is 21.0 Å². The van der Waals surface area contributed by atoms with Gasteiger partial charge < -0.3 is 15.4 Å². The fourth-order valence-electron chi connectivity index (χ4n) is 1.17. The minimum Gasteiger partial charge on any atom is -0.469 e. The molecule has 0 aromatic rings. The zero-order chi connectivity index (χ0) is 14.1. The number of ketones is 1. The third-order valence-corrected chi connectivity index (χ3v) is 2.09. The first-order chi connectivity index (χ1) is 8.36. The second-order valence-corrected chi connectivity index (χ2v) is 3.75. The zero-order valence-electron chi connectivity index (χ0n) is 10.7. The standard InChI is InChI=1S/C11H18N2O5/c1-7(13-8(2)14)11(17)12-5-4-9(15)6-10(16)18-3/h7H,4-6H2,1-3H3,(H,12,17)(H,13,14)/t7-/m1/s1. The lowest BCUT2D eigenvalue weighted by Crippen LogP contribution is -2.44. The molecule has 1 atom stereocenters. The SMILES string of the molecule is COC(=O)CC(=O)CCNC(=O)[C@@H](C)NC(C)=O. The number of amides is 2. The van der Waals surface area contributed by atoms with Crippen molar-refractivity contribution in [2.45, 2.75) is 32.7 Å². The Morgan fingerprint density at radius 3 is 2.33 bits per heavy atom. The molecule has 7 nitrogen and oxygen atoms in total. The molecule has 0 radical (unpaired) electrons. The van der Waals surface area contributed by atoms with Crippen LogP contribution in [0.5, 0.6) is 0 Å². The molecule has 0 heterocycles. The van der Waals surface area contributed by atoms with Crippen LogP contribution in [0.4, 0.5) is 0 Å². The van der Waals surface area contributed by atoms with Crippen LogP contribution in [0.3, 0.4) is 0 Å². The van der Waals surface area contributed by atoms with Crippen molar-refractivity contribution in [3.05, 3.63) is 0 Å². The van der Waals surface area contributed by atoms with Crippen molar-refractivity contribution in [3.8, 4) is 0 Å². The molecule has 0 spiro atoms. The molecule has 0 aromatic heterocycles. The van der Waals surface area contributed by atoms with Gasteiger partial charge in [-0.25, -0.2) is 0 Å². The second-order valence-electron chi connectivity index (χ2n) is 3.75. The van der Waals surface area contributed by atoms with Crippen LogP contribution in [-0.4, -0.2) is 43.3 Å². The van der Waals surface area contributed by atoms with Crippen molar-refractivity contribution in [2.75, 3.05) is 13.7 Å². The second kappa shape index (κ2) is 8.21. The van der Waals surface area contributed by atoms with E-state index < -0.39 is 12.0 Å². The molecule has 0 aromatic carbocycles. The molecular weight excluding hydrogens is 240 g/mol. The lowest BCUT2D eigenvalue weighted by atomic mass is 10.2. The van der Waals surface area contributed by atoms with Crippen molar-refractivity contribution in [1.29, 1.82) is 0 Å². The maximum atomic E-state index is 11.4. The molecule has 0 fully saturated rings. The van der Waals surface area contributed by atoms with Crippen molar-refractivity contribution >= 4 is 23.6 Å². The third kappa shape index (κ3) is 7.37. The van der Waals surface area contributed by atoms with Crippen LogP contribution < -0.4 is 10.6 Å². The molecule has 0 aliphatic heterocycles. The number of hydrogen-bond donors (Lipinski definition) is 2. The summed E-state index contributed by atoms with van der Waals surface area (Å²) in [6.45, 7) is 2.97. The number of Topliss-reactive ketones (excluding diaryl/α,β-unsaturated/α-hetero) is 1. The highest BCUT2D eigenvalue weighted by Crippen LogP contribution is 1.92. The normalized spacial score (nSPS) is 11.3. The van der Waals surface area contributed by atoms with E-state index in [0.717, 1.165) is 0 Å². The number of esters is 1. The summed E-state index contributed by atoms with van der Waals surface area (Å²) in [6, 6.07) is -0.654. The number of carbonyl (C=O) groups excluding carboxylic acids is 4. The van der Waals surface area contributed by atoms with Gasteiger partial charge in [0.15, 0.2) is 0 Å². The smallest absolute Gasteiger partial charge is 0.313 e. The number of rotatable bonds is 7. The van der Waals surface area contributed by atoms with Gasteiger partial charge in [-0.05, 0) is 6.92 Å². The van der Waals surface area contributed by atoms with Gasteiger partial charge in [-0.3, -0.25) is 19.2 Å². The van der Waals surface area contributed by atoms with Gasteiger partial charge in [0.05, 0.1) is 7.11 Å². The van der Waals surface area contributed by atoms with Gasteiger partial charge in [-0.2, -0.15) is 0 Å². The first-order valence-corrected chi connectivity index (χ1v) is 5.50. The van der Waals surface area contributed by atoms with E-state index in [0.29, 0.717) is 0 Å². The van der Waals surface area contributed by atoms with E-state index in [4.69, 9.17) is 0 Å². The Hall–Kier alpha value is -1.92. The Balaban J connectivity index is 3.83. The molecule has 102 valence electrons. The van der Waals surface area contributed by atoms with E-state index in [9.17, 15) is 19.2 Å². The highest BCUT2D eigenvalue weighted by Gasteiger charge is 2.14. The molecule has 0 rings (SSSR count). The molecule has 0 unspecified atom stereocenters. The predicted octanol–water partition coefficient (Wildman–Crippen LogP) is -0.850. The van der Waals surface area contributed by atoms with Gasteiger partial charge in [-0.15, -0.1) is 0 Å². The monoisotopic (exact) mass is 258 g/mol. The number of hydrogen-bond acceptors (Lipinski definition) is 5. The van der Waals surface area contributed by atoms with Crippen molar-refractivity contribution in [1.82, 2.24) is 10.6 Å². The summed E-state index contributed by atoms with van der Waals surface area (Å²) in [5.74, 6) is -1.59. The molecule has 0 aliphatic carbocycles. The van der Waals surface area contributed by atoms with Gasteiger partial charge in [0, 0.05) is 19.9 Å². The Kier molecular flexibility index (Phi) is 7.34. The Labute approximate surface area is 105 Å². The van der Waals surface area contributed by atoms with Gasteiger partial charge in [0.25, 0.3) is 0 Å². The van der Waals surface area contributed by atoms with Crippen molar-refractivity contribution < 1.29 is 23.9 Å². The van der Waals surface area contributed by atoms with E-state index in [2.05, 4.69) is 15.4 Å². The summed E-state index contributed by atoms with van der Waals surface area (Å²) >= 11 is 0. The molecule has 2 N–H and O–H groups in total. The molecule has 18 heavy (non-hydrogen) atoms. The maximum absolute atomic E-state index is 11.4. The van der Waals surface area contributed by atoms with Crippen LogP contribution in [0.15, 0.2) is 0 Å². The summed E-state index contributed by atoms with van der Waals surface area (Å²) in [7, 11) is 1.20. The first-order valence-electron chi connectivity index (χ1n) is 5.50. The fourth-order valence-corrected chi connectivity index (χ4v) is 1.17. The minimum absolute atomic E-state index is 0.0492. The molecule has 7 heteroatoms. The molecule has 0 saturated heterocycles. The summed E-state index contributed by atoms with van der Waals surface area (Å²) in [4.78, 5) is 44.1. The third-order valence-electron chi connectivity index (χ3n) is 2.09. The highest BCUT2D eigenvalue weighted by molar-refractivity contribution is 5.95. The van der Waals surface area contributed by atoms with Crippen LogP contribution in [0, 0.1) is 0 Å². The Bertz CT molecular complexity index is 340. The topological polar surface area (TPSA) is 102 Å². The van der Waals surface area contributed by atoms with Crippen LogP contribution in [0.25, 0.3) is 0 Å². The Morgan fingerprint density at radius 1 is 1.22 bits per heavy atom. The molecular formula is C11H18N2O5. The maximum Gasteiger partial charge on any atom is 0.313 e. The van der Waals surface area contributed by atoms with Crippen LogP contribution in [0.2, 0.25) is 0 Å². The van der Waals surface area contributed by atoms with Crippen LogP contribution in [0.1, 0.15) is 26.7 Å². The number of nitrogens with one attached hydrogen (secondary N) is 2. The van der Waals surface area contributed by atoms with E-state index in [-0.39, 0.29) is 37.0 Å². The summed E-state index contributed by atoms with van der Waals surface area (Å²) in [5.41, 5.74) is 0. The number of ether oxygens (including phenoxy) is 1. The lowest BCUT2D eigenvalue weighted by Gasteiger charge is -2.12. The van der Waals surface area contributed by atoms with Gasteiger partial charge in [0.1, 0.15) is 18.2 Å². The number of methoxy groups -OCH3 is 1. The predicted molar refractivity (Wildman–Crippen MR) is 62.5 cm³/mol. The van der Waals surface area contributed by atoms with E-state index in [1.807, 2.05) is 0 Å². The number of carbonyl (C=O) groups is 4. The van der Waals surface area contributed by atoms with Crippen molar-refractivity contribution in [2.24, 2.45) is 0 Å². The van der Waals surface area contributed by atoms with Gasteiger partial charge >= 0.3 is 5.97 Å². The van der Waals surface area contributed by atoms with Crippen LogP contribution in [-0.2, 0) is 23.9 Å². The average Bonchev–Trinajstić information content (AvgIpc) is 2.27. The summed E-state index contributed by atoms with van der Waals surface area (Å²) in [6.07, 6.45) is -0.249. The van der Waals surface area contributed by atoms with Gasteiger partial charge in [-0.1, -0.05) is 0 Å². The minimum atomic E-state index is -0.654. The Morgan fingerprint density at radius 2 is 1.83 bits per heavy atom. The van der Waals surface area contributed by atoms with Crippen LogP contribution >= 0.6 is 0 Å². The van der Waals surface area contributed by atoms with E-state index >= 15 is 0 Å². The molecule has 0 aliphatic rings. The quantitative estimate of drug-likeness (QED) is 0.457. The highest BCUT2D eigenvalue weighted by atomic mass is 16.5. The van der Waals surface area contributed by atoms with E-state index in [1.54, 1.807) is 0 Å². The summed E-state index contributed by atoms with van der Waals surface area (Å²) < 4.78 is 4.34. The first kappa shape index (κ1) is 16.1. The fraction of sp³-hybridized carbons (Fsp3) is 0.636.